The normalized spacial score (nSPS) is 16.6. The molecule has 1 amide bonds. The summed E-state index contributed by atoms with van der Waals surface area (Å²) in [5, 5.41) is 13.8. The Morgan fingerprint density at radius 3 is 2.85 bits per heavy atom. The minimum absolute atomic E-state index is 0.236. The van der Waals surface area contributed by atoms with E-state index in [1.165, 1.54) is 31.0 Å². The van der Waals surface area contributed by atoms with Crippen molar-refractivity contribution >= 4 is 23.3 Å². The molecule has 0 saturated heterocycles. The number of carbonyl (C=O) groups excluding carboxylic acids is 1. The molecule has 3 rings (SSSR count). The quantitative estimate of drug-likeness (QED) is 0.867. The van der Waals surface area contributed by atoms with Crippen LogP contribution in [0.4, 0.5) is 0 Å². The Morgan fingerprint density at radius 2 is 2.10 bits per heavy atom. The highest BCUT2D eigenvalue weighted by Crippen LogP contribution is 2.31. The van der Waals surface area contributed by atoms with Gasteiger partial charge in [0.05, 0.1) is 5.75 Å². The largest absolute Gasteiger partial charge is 0.369 e. The van der Waals surface area contributed by atoms with Gasteiger partial charge in [0.25, 0.3) is 0 Å². The molecule has 1 fully saturated rings. The maximum atomic E-state index is 10.8. The molecule has 2 aromatic heterocycles. The van der Waals surface area contributed by atoms with Crippen LogP contribution in [0.5, 0.6) is 0 Å². The molecule has 6 nitrogen and oxygen atoms in total. The predicted octanol–water partition coefficient (Wildman–Crippen LogP) is 1.75. The van der Waals surface area contributed by atoms with Crippen molar-refractivity contribution in [2.75, 3.05) is 5.75 Å². The molecule has 0 aliphatic heterocycles. The van der Waals surface area contributed by atoms with Gasteiger partial charge in [-0.3, -0.25) is 4.79 Å². The standard InChI is InChI=1S/C13H17N5OS/c14-10(19)8-20-12-7-6-11-15-16-13(18(11)17-12)9-4-2-1-3-5-9/h6-7,9H,1-5,8H2,(H2,14,19). The number of rotatable bonds is 4. The average Bonchev–Trinajstić information content (AvgIpc) is 2.89. The van der Waals surface area contributed by atoms with Crippen LogP contribution in [0, 0.1) is 0 Å². The third kappa shape index (κ3) is 2.77. The van der Waals surface area contributed by atoms with E-state index in [1.54, 1.807) is 0 Å². The molecule has 106 valence electrons. The highest BCUT2D eigenvalue weighted by Gasteiger charge is 2.21. The molecule has 1 aliphatic rings. The first kappa shape index (κ1) is 13.4. The lowest BCUT2D eigenvalue weighted by atomic mass is 9.89. The monoisotopic (exact) mass is 291 g/mol. The topological polar surface area (TPSA) is 86.2 Å². The number of thioether (sulfide) groups is 1. The molecule has 7 heteroatoms. The minimum atomic E-state index is -0.340. The first-order chi connectivity index (χ1) is 9.74. The Bertz CT molecular complexity index is 620. The van der Waals surface area contributed by atoms with E-state index in [4.69, 9.17) is 5.73 Å². The highest BCUT2D eigenvalue weighted by molar-refractivity contribution is 7.99. The van der Waals surface area contributed by atoms with Gasteiger partial charge < -0.3 is 5.73 Å². The smallest absolute Gasteiger partial charge is 0.227 e. The van der Waals surface area contributed by atoms with Crippen LogP contribution in [0.15, 0.2) is 17.2 Å². The van der Waals surface area contributed by atoms with Crippen molar-refractivity contribution in [3.05, 3.63) is 18.0 Å². The first-order valence-electron chi connectivity index (χ1n) is 6.87. The summed E-state index contributed by atoms with van der Waals surface area (Å²) in [7, 11) is 0. The van der Waals surface area contributed by atoms with Crippen LogP contribution >= 0.6 is 11.8 Å². The van der Waals surface area contributed by atoms with Gasteiger partial charge in [-0.05, 0) is 25.0 Å². The molecule has 0 aromatic carbocycles. The van der Waals surface area contributed by atoms with Gasteiger partial charge in [-0.2, -0.15) is 9.61 Å². The number of hydrogen-bond acceptors (Lipinski definition) is 5. The molecule has 2 heterocycles. The lowest BCUT2D eigenvalue weighted by Crippen LogP contribution is -2.13. The summed E-state index contributed by atoms with van der Waals surface area (Å²) in [5.74, 6) is 1.29. The lowest BCUT2D eigenvalue weighted by molar-refractivity contribution is -0.115. The second-order valence-electron chi connectivity index (χ2n) is 5.09. The van der Waals surface area contributed by atoms with Crippen LogP contribution in [-0.2, 0) is 4.79 Å². The Hall–Kier alpha value is -1.63. The summed E-state index contributed by atoms with van der Waals surface area (Å²) in [6.45, 7) is 0. The highest BCUT2D eigenvalue weighted by atomic mass is 32.2. The van der Waals surface area contributed by atoms with E-state index in [0.717, 1.165) is 29.3 Å². The van der Waals surface area contributed by atoms with E-state index in [-0.39, 0.29) is 11.7 Å². The summed E-state index contributed by atoms with van der Waals surface area (Å²) in [5.41, 5.74) is 5.92. The van der Waals surface area contributed by atoms with Crippen molar-refractivity contribution in [3.8, 4) is 0 Å². The van der Waals surface area contributed by atoms with Crippen LogP contribution in [0.25, 0.3) is 5.65 Å². The van der Waals surface area contributed by atoms with E-state index in [9.17, 15) is 4.79 Å². The number of hydrogen-bond donors (Lipinski definition) is 1. The SMILES string of the molecule is NC(=O)CSc1ccc2nnc(C3CCCCC3)n2n1. The van der Waals surface area contributed by atoms with Crippen molar-refractivity contribution < 1.29 is 4.79 Å². The van der Waals surface area contributed by atoms with Crippen molar-refractivity contribution in [2.24, 2.45) is 5.73 Å². The molecule has 1 aliphatic carbocycles. The van der Waals surface area contributed by atoms with E-state index < -0.39 is 0 Å². The number of aromatic nitrogens is 4. The fourth-order valence-corrected chi connectivity index (χ4v) is 3.22. The van der Waals surface area contributed by atoms with E-state index in [2.05, 4.69) is 15.3 Å². The predicted molar refractivity (Wildman–Crippen MR) is 76.5 cm³/mol. The molecule has 0 unspecified atom stereocenters. The van der Waals surface area contributed by atoms with E-state index in [1.807, 2.05) is 16.6 Å². The summed E-state index contributed by atoms with van der Waals surface area (Å²) < 4.78 is 1.82. The zero-order chi connectivity index (χ0) is 13.9. The fraction of sp³-hybridized carbons (Fsp3) is 0.538. The van der Waals surface area contributed by atoms with Crippen LogP contribution in [-0.4, -0.2) is 31.5 Å². The maximum Gasteiger partial charge on any atom is 0.227 e. The number of primary amides is 1. The van der Waals surface area contributed by atoms with Gasteiger partial charge in [-0.25, -0.2) is 0 Å². The Labute approximate surface area is 121 Å². The molecule has 20 heavy (non-hydrogen) atoms. The third-order valence-corrected chi connectivity index (χ3v) is 4.54. The molecule has 2 aromatic rings. The van der Waals surface area contributed by atoms with Gasteiger partial charge in [0.15, 0.2) is 11.5 Å². The van der Waals surface area contributed by atoms with Gasteiger partial charge >= 0.3 is 0 Å². The molecular weight excluding hydrogens is 274 g/mol. The minimum Gasteiger partial charge on any atom is -0.369 e. The van der Waals surface area contributed by atoms with Crippen molar-refractivity contribution in [1.82, 2.24) is 19.8 Å². The number of fused-ring (bicyclic) bond motifs is 1. The first-order valence-corrected chi connectivity index (χ1v) is 7.86. The van der Waals surface area contributed by atoms with Crippen molar-refractivity contribution in [1.29, 1.82) is 0 Å². The number of nitrogens with zero attached hydrogens (tertiary/aromatic N) is 4. The molecule has 0 bridgehead atoms. The number of amides is 1. The van der Waals surface area contributed by atoms with Gasteiger partial charge in [-0.15, -0.1) is 10.2 Å². The molecule has 0 radical (unpaired) electrons. The molecular formula is C13H17N5OS. The van der Waals surface area contributed by atoms with Crippen LogP contribution in [0.2, 0.25) is 0 Å². The zero-order valence-corrected chi connectivity index (χ0v) is 12.0. The summed E-state index contributed by atoms with van der Waals surface area (Å²) in [4.78, 5) is 10.8. The second kappa shape index (κ2) is 5.78. The van der Waals surface area contributed by atoms with Crippen LogP contribution in [0.3, 0.4) is 0 Å². The van der Waals surface area contributed by atoms with E-state index in [0.29, 0.717) is 5.92 Å². The lowest BCUT2D eigenvalue weighted by Gasteiger charge is -2.19. The van der Waals surface area contributed by atoms with Gasteiger partial charge in [0, 0.05) is 5.92 Å². The number of carbonyl (C=O) groups is 1. The fourth-order valence-electron chi connectivity index (χ4n) is 2.63. The third-order valence-electron chi connectivity index (χ3n) is 3.60. The average molecular weight is 291 g/mol. The summed E-state index contributed by atoms with van der Waals surface area (Å²) in [6, 6.07) is 3.73. The van der Waals surface area contributed by atoms with E-state index >= 15 is 0 Å². The molecule has 0 atom stereocenters. The molecule has 0 spiro atoms. The van der Waals surface area contributed by atoms with Crippen LogP contribution in [0.1, 0.15) is 43.8 Å². The van der Waals surface area contributed by atoms with Crippen LogP contribution < -0.4 is 5.73 Å². The Kier molecular flexibility index (Phi) is 3.86. The van der Waals surface area contributed by atoms with Gasteiger partial charge in [-0.1, -0.05) is 31.0 Å². The molecule has 1 saturated carbocycles. The van der Waals surface area contributed by atoms with Crippen molar-refractivity contribution in [3.63, 3.8) is 0 Å². The Balaban J connectivity index is 1.88. The second-order valence-corrected chi connectivity index (χ2v) is 6.09. The zero-order valence-electron chi connectivity index (χ0n) is 11.2. The van der Waals surface area contributed by atoms with Gasteiger partial charge in [0.2, 0.25) is 5.91 Å². The summed E-state index contributed by atoms with van der Waals surface area (Å²) >= 11 is 1.34. The Morgan fingerprint density at radius 1 is 1.30 bits per heavy atom. The summed E-state index contributed by atoms with van der Waals surface area (Å²) in [6.07, 6.45) is 6.11. The molecule has 2 N–H and O–H groups in total. The number of nitrogens with two attached hydrogens (primary N) is 1. The maximum absolute atomic E-state index is 10.8. The van der Waals surface area contributed by atoms with Crippen molar-refractivity contribution in [2.45, 2.75) is 43.0 Å². The van der Waals surface area contributed by atoms with Gasteiger partial charge in [0.1, 0.15) is 5.03 Å².